The summed E-state index contributed by atoms with van der Waals surface area (Å²) < 4.78 is 1.15. The summed E-state index contributed by atoms with van der Waals surface area (Å²) >= 11 is 5.53. The zero-order chi connectivity index (χ0) is 14.5. The standard InChI is InChI=1S/C7H6BrGe.C6H15NO3/c8-7-3-1-6(5-9)2-4-7;8-4-1-7(2-5-9)3-6-10/h1-4H,5H2;8-10H,1-6H2. The molecule has 0 saturated carbocycles. The molecule has 0 heterocycles. The molecule has 4 nitrogen and oxygen atoms in total. The minimum absolute atomic E-state index is 0.0694. The molecule has 0 fully saturated rings. The van der Waals surface area contributed by atoms with Crippen LogP contribution in [-0.4, -0.2) is 76.2 Å². The van der Waals surface area contributed by atoms with Crippen LogP contribution in [0.5, 0.6) is 0 Å². The number of aliphatic hydroxyl groups excluding tert-OH is 3. The molecule has 107 valence electrons. The second-order valence-corrected chi connectivity index (χ2v) is 5.47. The number of rotatable bonds is 7. The molecule has 0 bridgehead atoms. The molecule has 3 N–H and O–H groups in total. The molecule has 0 amide bonds. The van der Waals surface area contributed by atoms with Gasteiger partial charge in [-0.15, -0.1) is 0 Å². The van der Waals surface area contributed by atoms with E-state index in [9.17, 15) is 0 Å². The van der Waals surface area contributed by atoms with Gasteiger partial charge in [0, 0.05) is 19.6 Å². The fourth-order valence-corrected chi connectivity index (χ4v) is 2.12. The van der Waals surface area contributed by atoms with Crippen molar-refractivity contribution in [3.05, 3.63) is 34.3 Å². The zero-order valence-electron chi connectivity index (χ0n) is 10.9. The van der Waals surface area contributed by atoms with Crippen molar-refractivity contribution in [1.82, 2.24) is 4.90 Å². The van der Waals surface area contributed by atoms with Gasteiger partial charge in [0.15, 0.2) is 0 Å². The predicted octanol–water partition coefficient (Wildman–Crippen LogP) is 0.383. The number of halogens is 1. The fourth-order valence-electron chi connectivity index (χ4n) is 1.36. The van der Waals surface area contributed by atoms with Crippen LogP contribution in [0.4, 0.5) is 0 Å². The molecule has 0 saturated heterocycles. The summed E-state index contributed by atoms with van der Waals surface area (Å²) in [4.78, 5) is 1.79. The Morgan fingerprint density at radius 2 is 1.32 bits per heavy atom. The van der Waals surface area contributed by atoms with E-state index in [-0.39, 0.29) is 19.8 Å². The Hall–Kier alpha value is 0.0829. The predicted molar refractivity (Wildman–Crippen MR) is 81.3 cm³/mol. The Labute approximate surface area is 131 Å². The number of hydrogen-bond acceptors (Lipinski definition) is 4. The van der Waals surface area contributed by atoms with Gasteiger partial charge in [-0.05, 0) is 0 Å². The molecule has 1 aromatic rings. The SMILES string of the molecule is OCCN(CCO)CCO.[Ge][CH2]c1ccc(Br)cc1. The summed E-state index contributed by atoms with van der Waals surface area (Å²) in [7, 11) is 0. The van der Waals surface area contributed by atoms with Crippen LogP contribution in [-0.2, 0) is 5.25 Å². The molecule has 0 spiro atoms. The quantitative estimate of drug-likeness (QED) is 0.588. The summed E-state index contributed by atoms with van der Waals surface area (Å²) in [6.45, 7) is 1.75. The van der Waals surface area contributed by atoms with Gasteiger partial charge in [-0.25, -0.2) is 0 Å². The molecule has 0 aliphatic carbocycles. The Kier molecular flexibility index (Phi) is 13.1. The van der Waals surface area contributed by atoms with E-state index in [2.05, 4.69) is 56.7 Å². The van der Waals surface area contributed by atoms with Crippen LogP contribution >= 0.6 is 15.9 Å². The van der Waals surface area contributed by atoms with E-state index in [0.29, 0.717) is 19.6 Å². The van der Waals surface area contributed by atoms with Crippen molar-refractivity contribution < 1.29 is 15.3 Å². The zero-order valence-corrected chi connectivity index (χ0v) is 14.6. The number of nitrogens with zero attached hydrogens (tertiary/aromatic N) is 1. The van der Waals surface area contributed by atoms with Crippen LogP contribution in [0.25, 0.3) is 0 Å². The molecule has 0 unspecified atom stereocenters. The van der Waals surface area contributed by atoms with Gasteiger partial charge in [-0.1, -0.05) is 0 Å². The van der Waals surface area contributed by atoms with Gasteiger partial charge < -0.3 is 15.3 Å². The summed E-state index contributed by atoms with van der Waals surface area (Å²) in [5.41, 5.74) is 1.39. The maximum absolute atomic E-state index is 8.48. The molecule has 6 heteroatoms. The molecular weight excluding hydrogens is 371 g/mol. The van der Waals surface area contributed by atoms with E-state index in [1.54, 1.807) is 4.90 Å². The normalized spacial score (nSPS) is 10.2. The van der Waals surface area contributed by atoms with Gasteiger partial charge in [-0.2, -0.15) is 0 Å². The molecule has 3 radical (unpaired) electrons. The third-order valence-corrected chi connectivity index (χ3v) is 3.75. The first kappa shape index (κ1) is 19.1. The molecule has 19 heavy (non-hydrogen) atoms. The summed E-state index contributed by atoms with van der Waals surface area (Å²) in [6, 6.07) is 8.39. The van der Waals surface area contributed by atoms with Gasteiger partial charge in [0.2, 0.25) is 0 Å². The number of benzene rings is 1. The van der Waals surface area contributed by atoms with Crippen molar-refractivity contribution >= 4 is 32.4 Å². The van der Waals surface area contributed by atoms with E-state index in [4.69, 9.17) is 15.3 Å². The van der Waals surface area contributed by atoms with Crippen LogP contribution in [0.3, 0.4) is 0 Å². The minimum atomic E-state index is 0.0694. The Morgan fingerprint density at radius 1 is 0.895 bits per heavy atom. The van der Waals surface area contributed by atoms with E-state index in [1.165, 1.54) is 5.56 Å². The first-order valence-corrected chi connectivity index (χ1v) is 8.39. The van der Waals surface area contributed by atoms with Crippen LogP contribution < -0.4 is 0 Å². The van der Waals surface area contributed by atoms with Crippen LogP contribution in [0.15, 0.2) is 28.7 Å². The maximum atomic E-state index is 8.48. The Balaban J connectivity index is 0.000000342. The van der Waals surface area contributed by atoms with Crippen molar-refractivity contribution in [3.8, 4) is 0 Å². The van der Waals surface area contributed by atoms with Gasteiger partial charge in [0.25, 0.3) is 0 Å². The monoisotopic (exact) mass is 392 g/mol. The van der Waals surface area contributed by atoms with Crippen molar-refractivity contribution in [3.63, 3.8) is 0 Å². The fraction of sp³-hybridized carbons (Fsp3) is 0.538. The average Bonchev–Trinajstić information content (AvgIpc) is 2.41. The molecule has 1 rings (SSSR count). The third-order valence-electron chi connectivity index (χ3n) is 2.37. The van der Waals surface area contributed by atoms with E-state index < -0.39 is 0 Å². The van der Waals surface area contributed by atoms with Crippen molar-refractivity contribution in [1.29, 1.82) is 0 Å². The summed E-state index contributed by atoms with van der Waals surface area (Å²) in [5.74, 6) is 0. The van der Waals surface area contributed by atoms with Gasteiger partial charge >= 0.3 is 72.0 Å². The molecule has 0 aromatic heterocycles. The van der Waals surface area contributed by atoms with E-state index >= 15 is 0 Å². The van der Waals surface area contributed by atoms with Gasteiger partial charge in [0.1, 0.15) is 0 Å². The van der Waals surface area contributed by atoms with Gasteiger partial charge in [-0.3, -0.25) is 4.90 Å². The van der Waals surface area contributed by atoms with Crippen LogP contribution in [0.2, 0.25) is 0 Å². The third kappa shape index (κ3) is 10.5. The molecule has 1 aromatic carbocycles. The Morgan fingerprint density at radius 3 is 1.63 bits per heavy atom. The van der Waals surface area contributed by atoms with Crippen LogP contribution in [0, 0.1) is 0 Å². The van der Waals surface area contributed by atoms with Crippen LogP contribution in [0.1, 0.15) is 5.56 Å². The Bertz CT molecular complexity index is 297. The second-order valence-electron chi connectivity index (χ2n) is 3.82. The number of aliphatic hydroxyl groups is 3. The first-order chi connectivity index (χ1) is 9.17. The van der Waals surface area contributed by atoms with E-state index in [0.717, 1.165) is 9.73 Å². The summed E-state index contributed by atoms with van der Waals surface area (Å²) in [5, 5.41) is 26.6. The van der Waals surface area contributed by atoms with Crippen molar-refractivity contribution in [2.45, 2.75) is 5.25 Å². The van der Waals surface area contributed by atoms with Crippen molar-refractivity contribution in [2.24, 2.45) is 0 Å². The van der Waals surface area contributed by atoms with Gasteiger partial charge in [0.05, 0.1) is 19.8 Å². The van der Waals surface area contributed by atoms with E-state index in [1.807, 2.05) is 0 Å². The second kappa shape index (κ2) is 13.1. The topological polar surface area (TPSA) is 63.9 Å². The van der Waals surface area contributed by atoms with Crippen molar-refractivity contribution in [2.75, 3.05) is 39.5 Å². The number of hydrogen-bond donors (Lipinski definition) is 3. The first-order valence-electron chi connectivity index (χ1n) is 6.11. The molecular formula is C13H21BrGeNO3. The molecule has 0 aliphatic rings. The summed E-state index contributed by atoms with van der Waals surface area (Å²) in [6.07, 6.45) is 0. The molecule has 0 atom stereocenters. The average molecular weight is 392 g/mol. The molecule has 0 aliphatic heterocycles.